The minimum absolute atomic E-state index is 0.0508. The summed E-state index contributed by atoms with van der Waals surface area (Å²) in [6.07, 6.45) is 2.56. The number of rotatable bonds is 7. The number of hydrogen-bond acceptors (Lipinski definition) is 3. The summed E-state index contributed by atoms with van der Waals surface area (Å²) in [5.74, 6) is -1.27. The van der Waals surface area contributed by atoms with Crippen LogP contribution < -0.4 is 0 Å². The molecule has 1 aliphatic rings. The van der Waals surface area contributed by atoms with Crippen molar-refractivity contribution in [3.8, 4) is 11.1 Å². The zero-order chi connectivity index (χ0) is 21.1. The van der Waals surface area contributed by atoms with Gasteiger partial charge in [0, 0.05) is 13.1 Å². The number of carbonyl (C=O) groups is 1. The Morgan fingerprint density at radius 2 is 1.52 bits per heavy atom. The van der Waals surface area contributed by atoms with Crippen molar-refractivity contribution in [2.75, 3.05) is 13.1 Å². The maximum atomic E-state index is 13.1. The molecule has 2 aromatic carbocycles. The molecule has 0 aliphatic carbocycles. The molecule has 1 heterocycles. The fourth-order valence-corrected chi connectivity index (χ4v) is 5.96. The molecular formula is C23H27NO4S. The largest absolute Gasteiger partial charge is 0.480 e. The van der Waals surface area contributed by atoms with Crippen molar-refractivity contribution < 1.29 is 18.3 Å². The van der Waals surface area contributed by atoms with E-state index in [0.717, 1.165) is 22.3 Å². The van der Waals surface area contributed by atoms with Crippen molar-refractivity contribution >= 4 is 21.6 Å². The van der Waals surface area contributed by atoms with Crippen molar-refractivity contribution in [1.29, 1.82) is 0 Å². The van der Waals surface area contributed by atoms with E-state index in [0.29, 0.717) is 13.0 Å². The zero-order valence-corrected chi connectivity index (χ0v) is 17.7. The van der Waals surface area contributed by atoms with Crippen LogP contribution in [0.5, 0.6) is 0 Å². The first-order valence-electron chi connectivity index (χ1n) is 9.93. The SMILES string of the molecule is CCC(CC)(C(=O)O)S(=O)(=O)N1CC=C(c2ccc(-c3ccccc3)cc2)CC1. The van der Waals surface area contributed by atoms with Crippen molar-refractivity contribution in [2.24, 2.45) is 0 Å². The molecule has 0 spiro atoms. The van der Waals surface area contributed by atoms with Crippen LogP contribution in [0.1, 0.15) is 38.7 Å². The number of carboxylic acid groups (broad SMARTS) is 1. The Balaban J connectivity index is 1.79. The van der Waals surface area contributed by atoms with Gasteiger partial charge in [0.25, 0.3) is 0 Å². The highest BCUT2D eigenvalue weighted by molar-refractivity contribution is 7.91. The van der Waals surface area contributed by atoms with Crippen molar-refractivity contribution in [2.45, 2.75) is 37.9 Å². The maximum Gasteiger partial charge on any atom is 0.326 e. The number of carboxylic acids is 1. The number of benzene rings is 2. The van der Waals surface area contributed by atoms with Crippen LogP contribution in [0.2, 0.25) is 0 Å². The summed E-state index contributed by atoms with van der Waals surface area (Å²) in [6, 6.07) is 18.4. The van der Waals surface area contributed by atoms with E-state index in [9.17, 15) is 18.3 Å². The summed E-state index contributed by atoms with van der Waals surface area (Å²) in [4.78, 5) is 11.8. The molecule has 0 amide bonds. The normalized spacial score (nSPS) is 15.7. The second kappa shape index (κ2) is 8.51. The van der Waals surface area contributed by atoms with Crippen LogP contribution in [0.4, 0.5) is 0 Å². The van der Waals surface area contributed by atoms with E-state index in [1.54, 1.807) is 13.8 Å². The van der Waals surface area contributed by atoms with Crippen LogP contribution in [0.3, 0.4) is 0 Å². The minimum atomic E-state index is -3.94. The van der Waals surface area contributed by atoms with Gasteiger partial charge in [-0.05, 0) is 41.5 Å². The second-order valence-electron chi connectivity index (χ2n) is 7.29. The first-order chi connectivity index (χ1) is 13.9. The van der Waals surface area contributed by atoms with Gasteiger partial charge >= 0.3 is 5.97 Å². The molecule has 0 aromatic heterocycles. The maximum absolute atomic E-state index is 13.1. The van der Waals surface area contributed by atoms with E-state index in [1.165, 1.54) is 4.31 Å². The van der Waals surface area contributed by atoms with Crippen molar-refractivity contribution in [3.05, 3.63) is 66.2 Å². The molecule has 5 nitrogen and oxygen atoms in total. The minimum Gasteiger partial charge on any atom is -0.480 e. The van der Waals surface area contributed by atoms with Crippen LogP contribution in [0, 0.1) is 0 Å². The van der Waals surface area contributed by atoms with Gasteiger partial charge in [-0.25, -0.2) is 8.42 Å². The summed E-state index contributed by atoms with van der Waals surface area (Å²) in [6.45, 7) is 3.74. The third-order valence-corrected chi connectivity index (χ3v) is 8.65. The van der Waals surface area contributed by atoms with Gasteiger partial charge in [-0.2, -0.15) is 4.31 Å². The summed E-state index contributed by atoms with van der Waals surface area (Å²) in [5, 5.41) is 9.62. The molecule has 1 N–H and O–H groups in total. The highest BCUT2D eigenvalue weighted by Gasteiger charge is 2.51. The van der Waals surface area contributed by atoms with Gasteiger partial charge in [0.1, 0.15) is 0 Å². The molecule has 0 atom stereocenters. The van der Waals surface area contributed by atoms with E-state index >= 15 is 0 Å². The topological polar surface area (TPSA) is 74.7 Å². The fraction of sp³-hybridized carbons (Fsp3) is 0.348. The van der Waals surface area contributed by atoms with Crippen LogP contribution >= 0.6 is 0 Å². The molecule has 154 valence electrons. The van der Waals surface area contributed by atoms with Gasteiger partial charge in [0.15, 0.2) is 4.75 Å². The summed E-state index contributed by atoms with van der Waals surface area (Å²) >= 11 is 0. The van der Waals surface area contributed by atoms with E-state index in [1.807, 2.05) is 24.3 Å². The van der Waals surface area contributed by atoms with Crippen molar-refractivity contribution in [1.82, 2.24) is 4.31 Å². The first kappa shape index (κ1) is 21.3. The highest BCUT2D eigenvalue weighted by Crippen LogP contribution is 2.33. The Morgan fingerprint density at radius 3 is 2.00 bits per heavy atom. The molecule has 29 heavy (non-hydrogen) atoms. The summed E-state index contributed by atoms with van der Waals surface area (Å²) < 4.78 is 25.7. The summed E-state index contributed by atoms with van der Waals surface area (Å²) in [7, 11) is -3.94. The van der Waals surface area contributed by atoms with E-state index in [2.05, 4.69) is 36.4 Å². The van der Waals surface area contributed by atoms with Crippen LogP contribution in [0.25, 0.3) is 16.7 Å². The lowest BCUT2D eigenvalue weighted by atomic mass is 9.97. The Hall–Kier alpha value is -2.44. The van der Waals surface area contributed by atoms with Gasteiger partial charge < -0.3 is 5.11 Å². The Kier molecular flexibility index (Phi) is 6.24. The average molecular weight is 414 g/mol. The van der Waals surface area contributed by atoms with Crippen LogP contribution in [0.15, 0.2) is 60.7 Å². The predicted molar refractivity (Wildman–Crippen MR) is 116 cm³/mol. The van der Waals surface area contributed by atoms with Gasteiger partial charge in [-0.15, -0.1) is 0 Å². The Morgan fingerprint density at radius 1 is 0.966 bits per heavy atom. The average Bonchev–Trinajstić information content (AvgIpc) is 2.75. The number of aliphatic carboxylic acids is 1. The molecule has 0 bridgehead atoms. The summed E-state index contributed by atoms with van der Waals surface area (Å²) in [5.41, 5.74) is 4.44. The van der Waals surface area contributed by atoms with Crippen LogP contribution in [-0.2, 0) is 14.8 Å². The third-order valence-electron chi connectivity index (χ3n) is 5.90. The molecule has 0 saturated heterocycles. The number of nitrogens with zero attached hydrogens (tertiary/aromatic N) is 1. The monoisotopic (exact) mass is 413 g/mol. The molecule has 3 rings (SSSR count). The highest BCUT2D eigenvalue weighted by atomic mass is 32.2. The lowest BCUT2D eigenvalue weighted by Gasteiger charge is -2.35. The fourth-order valence-electron chi connectivity index (χ4n) is 3.91. The van der Waals surface area contributed by atoms with Gasteiger partial charge in [-0.1, -0.05) is 74.5 Å². The number of sulfonamides is 1. The molecule has 2 aromatic rings. The molecular weight excluding hydrogens is 386 g/mol. The molecule has 0 saturated carbocycles. The van der Waals surface area contributed by atoms with E-state index in [-0.39, 0.29) is 19.4 Å². The Bertz CT molecular complexity index is 991. The van der Waals surface area contributed by atoms with E-state index < -0.39 is 20.7 Å². The predicted octanol–water partition coefficient (Wildman–Crippen LogP) is 4.42. The molecule has 6 heteroatoms. The smallest absolute Gasteiger partial charge is 0.326 e. The first-order valence-corrected chi connectivity index (χ1v) is 11.4. The van der Waals surface area contributed by atoms with Crippen LogP contribution in [-0.4, -0.2) is 41.6 Å². The molecule has 0 radical (unpaired) electrons. The van der Waals surface area contributed by atoms with Crippen molar-refractivity contribution in [3.63, 3.8) is 0 Å². The van der Waals surface area contributed by atoms with Gasteiger partial charge in [0.05, 0.1) is 0 Å². The molecule has 0 fully saturated rings. The molecule has 1 aliphatic heterocycles. The lowest BCUT2D eigenvalue weighted by Crippen LogP contribution is -2.53. The number of hydrogen-bond donors (Lipinski definition) is 1. The molecule has 0 unspecified atom stereocenters. The lowest BCUT2D eigenvalue weighted by molar-refractivity contribution is -0.140. The zero-order valence-electron chi connectivity index (χ0n) is 16.8. The van der Waals surface area contributed by atoms with Gasteiger partial charge in [-0.3, -0.25) is 4.79 Å². The third kappa shape index (κ3) is 3.87. The van der Waals surface area contributed by atoms with E-state index in [4.69, 9.17) is 0 Å². The quantitative estimate of drug-likeness (QED) is 0.729. The standard InChI is InChI=1S/C23H27NO4S/c1-3-23(4-2,22(25)26)29(27,28)24-16-14-21(15-17-24)20-12-10-19(11-13-20)18-8-6-5-7-9-18/h5-14H,3-4,15-17H2,1-2H3,(H,25,26). The Labute approximate surface area is 172 Å². The van der Waals surface area contributed by atoms with Gasteiger partial charge in [0.2, 0.25) is 10.0 Å². The second-order valence-corrected chi connectivity index (χ2v) is 9.54.